The van der Waals surface area contributed by atoms with Crippen LogP contribution in [0.25, 0.3) is 5.57 Å². The van der Waals surface area contributed by atoms with E-state index in [-0.39, 0.29) is 6.61 Å². The van der Waals surface area contributed by atoms with Gasteiger partial charge in [0.1, 0.15) is 0 Å². The largest absolute Gasteiger partial charge is 0.468 e. The van der Waals surface area contributed by atoms with E-state index in [9.17, 15) is 13.3 Å². The van der Waals surface area contributed by atoms with Crippen molar-refractivity contribution in [1.82, 2.24) is 0 Å². The third-order valence-electron chi connectivity index (χ3n) is 7.41. The molecule has 8 heteroatoms. The molecule has 0 N–H and O–H groups in total. The lowest BCUT2D eigenvalue weighted by Crippen LogP contribution is -2.19. The SMILES string of the molecule is CCCCCCCCCCCSC(=C1c2ccccc2N(c2ccccc2)c2ccccc21)S(=O)CCCOP(=O)=O. The summed E-state index contributed by atoms with van der Waals surface area (Å²) in [6.45, 7) is 2.30. The van der Waals surface area contributed by atoms with E-state index in [2.05, 4.69) is 48.2 Å². The van der Waals surface area contributed by atoms with Gasteiger partial charge in [-0.1, -0.05) is 113 Å². The maximum Gasteiger partial charge on any atom is 0.468 e. The molecule has 0 aliphatic carbocycles. The lowest BCUT2D eigenvalue weighted by Gasteiger charge is -2.35. The summed E-state index contributed by atoms with van der Waals surface area (Å²) in [5.41, 5.74) is 6.32. The molecule has 0 radical (unpaired) electrons. The molecule has 0 bridgehead atoms. The second-order valence-electron chi connectivity index (χ2n) is 10.5. The van der Waals surface area contributed by atoms with Crippen LogP contribution in [-0.4, -0.2) is 22.3 Å². The number of anilines is 3. The Morgan fingerprint density at radius 2 is 1.29 bits per heavy atom. The van der Waals surface area contributed by atoms with Crippen molar-refractivity contribution in [2.75, 3.05) is 23.0 Å². The Bertz CT molecular complexity index is 1350. The first-order valence-corrected chi connectivity index (χ1v) is 18.6. The predicted octanol–water partition coefficient (Wildman–Crippen LogP) is 10.7. The zero-order valence-electron chi connectivity index (χ0n) is 24.5. The molecule has 1 atom stereocenters. The molecule has 1 heterocycles. The van der Waals surface area contributed by atoms with Crippen molar-refractivity contribution in [3.8, 4) is 0 Å². The molecule has 4 rings (SSSR count). The Morgan fingerprint density at radius 1 is 0.738 bits per heavy atom. The van der Waals surface area contributed by atoms with Crippen molar-refractivity contribution >= 4 is 53.1 Å². The average Bonchev–Trinajstić information content (AvgIpc) is 3.01. The molecule has 224 valence electrons. The summed E-state index contributed by atoms with van der Waals surface area (Å²) in [5.74, 6) is 1.25. The van der Waals surface area contributed by atoms with Crippen LogP contribution in [0.1, 0.15) is 82.3 Å². The van der Waals surface area contributed by atoms with Gasteiger partial charge in [0.25, 0.3) is 0 Å². The maximum atomic E-state index is 14.0. The van der Waals surface area contributed by atoms with E-state index in [0.29, 0.717) is 12.2 Å². The summed E-state index contributed by atoms with van der Waals surface area (Å²) in [4.78, 5) is 2.28. The summed E-state index contributed by atoms with van der Waals surface area (Å²) < 4.78 is 41.3. The molecule has 1 aliphatic heterocycles. The fourth-order valence-corrected chi connectivity index (χ4v) is 8.58. The molecule has 3 aromatic carbocycles. The van der Waals surface area contributed by atoms with E-state index in [1.807, 2.05) is 42.5 Å². The lowest BCUT2D eigenvalue weighted by atomic mass is 9.91. The number of hydrogen-bond donors (Lipinski definition) is 0. The summed E-state index contributed by atoms with van der Waals surface area (Å²) in [6.07, 6.45) is 11.8. The molecule has 0 fully saturated rings. The Morgan fingerprint density at radius 3 is 1.88 bits per heavy atom. The van der Waals surface area contributed by atoms with Crippen molar-refractivity contribution in [3.63, 3.8) is 0 Å². The number of nitrogens with zero attached hydrogens (tertiary/aromatic N) is 1. The smallest absolute Gasteiger partial charge is 0.309 e. The topological polar surface area (TPSA) is 63.7 Å². The summed E-state index contributed by atoms with van der Waals surface area (Å²) in [7, 11) is -4.21. The molecule has 0 aromatic heterocycles. The highest BCUT2D eigenvalue weighted by Crippen LogP contribution is 2.51. The number of thioether (sulfide) groups is 1. The van der Waals surface area contributed by atoms with Gasteiger partial charge in [-0.2, -0.15) is 0 Å². The first-order valence-electron chi connectivity index (χ1n) is 15.2. The van der Waals surface area contributed by atoms with Gasteiger partial charge in [0.05, 0.1) is 33.0 Å². The Kier molecular flexibility index (Phi) is 13.6. The standard InChI is InChI=1S/C34H42NO4PS2/c1-2-3-4-5-6-7-8-9-17-26-41-34(42(38)27-18-25-39-40(36)37)33-29-21-13-15-23-31(29)35(28-19-11-10-12-20-28)32-24-16-14-22-30(32)33/h10-16,19-24H,2-9,17-18,25-27H2,1H3. The number of fused-ring (bicyclic) bond motifs is 2. The highest BCUT2D eigenvalue weighted by molar-refractivity contribution is 8.16. The van der Waals surface area contributed by atoms with Crippen LogP contribution in [-0.2, 0) is 24.5 Å². The number of benzene rings is 3. The van der Waals surface area contributed by atoms with Gasteiger partial charge in [0.15, 0.2) is 0 Å². The minimum Gasteiger partial charge on any atom is -0.309 e. The zero-order valence-corrected chi connectivity index (χ0v) is 27.1. The van der Waals surface area contributed by atoms with Gasteiger partial charge in [-0.15, -0.1) is 11.8 Å². The second-order valence-corrected chi connectivity index (χ2v) is 14.1. The normalized spacial score (nSPS) is 13.0. The van der Waals surface area contributed by atoms with Crippen LogP contribution in [0.4, 0.5) is 17.1 Å². The second kappa shape index (κ2) is 17.6. The summed E-state index contributed by atoms with van der Waals surface area (Å²) in [6, 6.07) is 27.0. The maximum absolute atomic E-state index is 14.0. The molecule has 0 saturated heterocycles. The van der Waals surface area contributed by atoms with Gasteiger partial charge < -0.3 is 4.90 Å². The van der Waals surface area contributed by atoms with Crippen molar-refractivity contribution in [2.45, 2.75) is 71.1 Å². The Labute approximate surface area is 258 Å². The van der Waals surface area contributed by atoms with Crippen LogP contribution >= 0.6 is 19.7 Å². The van der Waals surface area contributed by atoms with E-state index < -0.39 is 18.7 Å². The minimum atomic E-state index is -2.90. The third-order valence-corrected chi connectivity index (χ3v) is 10.9. The van der Waals surface area contributed by atoms with Crippen LogP contribution < -0.4 is 4.90 Å². The van der Waals surface area contributed by atoms with Crippen molar-refractivity contribution in [1.29, 1.82) is 0 Å². The molecular formula is C34H42NO4PS2. The van der Waals surface area contributed by atoms with Crippen molar-refractivity contribution in [2.24, 2.45) is 0 Å². The van der Waals surface area contributed by atoms with E-state index in [0.717, 1.165) is 50.2 Å². The highest BCUT2D eigenvalue weighted by atomic mass is 32.2. The molecule has 0 spiro atoms. The summed E-state index contributed by atoms with van der Waals surface area (Å²) in [5, 5.41) is 0. The lowest BCUT2D eigenvalue weighted by molar-refractivity contribution is 0.305. The third kappa shape index (κ3) is 9.03. The van der Waals surface area contributed by atoms with Crippen molar-refractivity contribution < 1.29 is 17.9 Å². The fraction of sp³-hybridized carbons (Fsp3) is 0.412. The van der Waals surface area contributed by atoms with Crippen LogP contribution in [0.5, 0.6) is 0 Å². The zero-order chi connectivity index (χ0) is 29.6. The van der Waals surface area contributed by atoms with Crippen molar-refractivity contribution in [3.05, 3.63) is 94.2 Å². The summed E-state index contributed by atoms with van der Waals surface area (Å²) >= 11 is 1.70. The molecule has 5 nitrogen and oxygen atoms in total. The molecular weight excluding hydrogens is 581 g/mol. The monoisotopic (exact) mass is 623 g/mol. The number of para-hydroxylation sites is 3. The molecule has 3 aromatic rings. The average molecular weight is 624 g/mol. The Balaban J connectivity index is 1.61. The van der Waals surface area contributed by atoms with Gasteiger partial charge in [-0.05, 0) is 42.9 Å². The number of rotatable bonds is 18. The molecule has 1 unspecified atom stereocenters. The number of hydrogen-bond acceptors (Lipinski definition) is 6. The van der Waals surface area contributed by atoms with Gasteiger partial charge in [-0.25, -0.2) is 9.13 Å². The molecule has 0 saturated carbocycles. The van der Waals surface area contributed by atoms with E-state index >= 15 is 0 Å². The van der Waals surface area contributed by atoms with Crippen LogP contribution in [0.2, 0.25) is 0 Å². The van der Waals surface area contributed by atoms with Gasteiger partial charge in [-0.3, -0.25) is 8.73 Å². The molecule has 0 amide bonds. The minimum absolute atomic E-state index is 0.0466. The predicted molar refractivity (Wildman–Crippen MR) is 179 cm³/mol. The first-order chi connectivity index (χ1) is 20.6. The van der Waals surface area contributed by atoms with Crippen LogP contribution in [0.3, 0.4) is 0 Å². The quantitative estimate of drug-likeness (QED) is 0.0812. The first kappa shape index (κ1) is 32.5. The van der Waals surface area contributed by atoms with Gasteiger partial charge in [0, 0.05) is 28.1 Å². The molecule has 1 aliphatic rings. The van der Waals surface area contributed by atoms with Gasteiger partial charge in [0.2, 0.25) is 0 Å². The van der Waals surface area contributed by atoms with E-state index in [4.69, 9.17) is 4.52 Å². The van der Waals surface area contributed by atoms with E-state index in [1.165, 1.54) is 51.4 Å². The highest BCUT2D eigenvalue weighted by Gasteiger charge is 2.30. The van der Waals surface area contributed by atoms with Crippen LogP contribution in [0, 0.1) is 0 Å². The van der Waals surface area contributed by atoms with Gasteiger partial charge >= 0.3 is 7.91 Å². The van der Waals surface area contributed by atoms with E-state index in [1.54, 1.807) is 11.8 Å². The fourth-order valence-electron chi connectivity index (χ4n) is 5.36. The Hall–Kier alpha value is -2.44. The number of unbranched alkanes of at least 4 members (excludes halogenated alkanes) is 8. The van der Waals surface area contributed by atoms with Crippen LogP contribution in [0.15, 0.2) is 83.1 Å². The molecule has 42 heavy (non-hydrogen) atoms.